The first-order valence-electron chi connectivity index (χ1n) is 5.29. The van der Waals surface area contributed by atoms with Gasteiger partial charge >= 0.3 is 0 Å². The normalized spacial score (nSPS) is 10.1. The van der Waals surface area contributed by atoms with Crippen molar-refractivity contribution in [2.24, 2.45) is 0 Å². The number of benzene rings is 1. The summed E-state index contributed by atoms with van der Waals surface area (Å²) in [6.07, 6.45) is 2.19. The Morgan fingerprint density at radius 2 is 2.06 bits per heavy atom. The molecule has 0 saturated heterocycles. The summed E-state index contributed by atoms with van der Waals surface area (Å²) in [4.78, 5) is 11.5. The predicted octanol–water partition coefficient (Wildman–Crippen LogP) is 1.23. The number of rotatable bonds is 4. The first-order chi connectivity index (χ1) is 8.25. The second-order valence-corrected chi connectivity index (χ2v) is 3.62. The number of carbonyl (C=O) groups excluding carboxylic acids is 1. The minimum absolute atomic E-state index is 0.224. The van der Waals surface area contributed by atoms with Gasteiger partial charge in [-0.25, -0.2) is 0 Å². The van der Waals surface area contributed by atoms with Crippen molar-refractivity contribution in [2.45, 2.75) is 6.42 Å². The topological polar surface area (TPSA) is 81.1 Å². The molecular formula is C12H13N3O2. The zero-order chi connectivity index (χ0) is 12.1. The number of hydrogen-bond acceptors (Lipinski definition) is 4. The van der Waals surface area contributed by atoms with E-state index in [2.05, 4.69) is 10.5 Å². The van der Waals surface area contributed by atoms with Gasteiger partial charge < -0.3 is 15.6 Å². The third kappa shape index (κ3) is 3.07. The lowest BCUT2D eigenvalue weighted by atomic mass is 10.1. The summed E-state index contributed by atoms with van der Waals surface area (Å²) in [7, 11) is 0. The Morgan fingerprint density at radius 1 is 1.29 bits per heavy atom. The Labute approximate surface area is 98.6 Å². The number of aromatic nitrogens is 1. The molecule has 0 bridgehead atoms. The molecule has 0 unspecified atom stereocenters. The largest absolute Gasteiger partial charge is 0.399 e. The number of nitrogen functional groups attached to an aromatic ring is 1. The molecule has 88 valence electrons. The van der Waals surface area contributed by atoms with E-state index in [0.717, 1.165) is 17.7 Å². The van der Waals surface area contributed by atoms with Gasteiger partial charge in [0.05, 0.1) is 6.20 Å². The van der Waals surface area contributed by atoms with Crippen LogP contribution in [0.25, 0.3) is 0 Å². The van der Waals surface area contributed by atoms with Crippen LogP contribution in [0.15, 0.2) is 41.1 Å². The van der Waals surface area contributed by atoms with Crippen LogP contribution in [-0.2, 0) is 6.42 Å². The third-order valence-corrected chi connectivity index (χ3v) is 2.34. The number of hydrogen-bond donors (Lipinski definition) is 2. The van der Waals surface area contributed by atoms with Gasteiger partial charge in [-0.3, -0.25) is 4.79 Å². The van der Waals surface area contributed by atoms with Crippen LogP contribution >= 0.6 is 0 Å². The van der Waals surface area contributed by atoms with Gasteiger partial charge in [-0.2, -0.15) is 0 Å². The van der Waals surface area contributed by atoms with E-state index in [1.807, 2.05) is 24.3 Å². The molecule has 0 spiro atoms. The number of nitrogens with zero attached hydrogens (tertiary/aromatic N) is 1. The highest BCUT2D eigenvalue weighted by Gasteiger charge is 2.07. The molecule has 1 amide bonds. The zero-order valence-electron chi connectivity index (χ0n) is 9.22. The number of amides is 1. The molecule has 0 aliphatic carbocycles. The van der Waals surface area contributed by atoms with E-state index < -0.39 is 0 Å². The van der Waals surface area contributed by atoms with Gasteiger partial charge in [-0.15, -0.1) is 0 Å². The molecule has 3 N–H and O–H groups in total. The summed E-state index contributed by atoms with van der Waals surface area (Å²) in [5.74, 6) is -0.0275. The molecule has 1 aromatic heterocycles. The van der Waals surface area contributed by atoms with Crippen LogP contribution in [0.1, 0.15) is 16.1 Å². The Hall–Kier alpha value is -2.30. The quantitative estimate of drug-likeness (QED) is 0.775. The fourth-order valence-electron chi connectivity index (χ4n) is 1.42. The van der Waals surface area contributed by atoms with Crippen molar-refractivity contribution in [3.05, 3.63) is 47.9 Å². The van der Waals surface area contributed by atoms with E-state index in [1.165, 1.54) is 12.3 Å². The van der Waals surface area contributed by atoms with Crippen molar-refractivity contribution in [1.29, 1.82) is 0 Å². The van der Waals surface area contributed by atoms with Crippen molar-refractivity contribution in [2.75, 3.05) is 12.3 Å². The number of anilines is 1. The third-order valence-electron chi connectivity index (χ3n) is 2.34. The fraction of sp³-hybridized carbons (Fsp3) is 0.167. The Balaban J connectivity index is 1.80. The summed E-state index contributed by atoms with van der Waals surface area (Å²) in [6.45, 7) is 0.545. The monoisotopic (exact) mass is 231 g/mol. The smallest absolute Gasteiger partial charge is 0.289 e. The van der Waals surface area contributed by atoms with Crippen LogP contribution in [-0.4, -0.2) is 17.6 Å². The van der Waals surface area contributed by atoms with Gasteiger partial charge in [-0.1, -0.05) is 17.3 Å². The first kappa shape index (κ1) is 11.2. The lowest BCUT2D eigenvalue weighted by Gasteiger charge is -2.03. The zero-order valence-corrected chi connectivity index (χ0v) is 9.22. The molecule has 0 saturated carbocycles. The van der Waals surface area contributed by atoms with Gasteiger partial charge in [0.25, 0.3) is 5.91 Å². The fourth-order valence-corrected chi connectivity index (χ4v) is 1.42. The Kier molecular flexibility index (Phi) is 3.40. The van der Waals surface area contributed by atoms with Crippen LogP contribution in [0.3, 0.4) is 0 Å². The van der Waals surface area contributed by atoms with E-state index in [9.17, 15) is 4.79 Å². The van der Waals surface area contributed by atoms with Crippen LogP contribution in [0.4, 0.5) is 5.69 Å². The van der Waals surface area contributed by atoms with Crippen molar-refractivity contribution in [1.82, 2.24) is 10.5 Å². The minimum Gasteiger partial charge on any atom is -0.399 e. The molecule has 2 rings (SSSR count). The molecule has 1 aromatic carbocycles. The molecule has 0 fully saturated rings. The molecule has 0 aliphatic rings. The Morgan fingerprint density at radius 3 is 2.71 bits per heavy atom. The summed E-state index contributed by atoms with van der Waals surface area (Å²) in [5, 5.41) is 6.21. The van der Waals surface area contributed by atoms with E-state index >= 15 is 0 Å². The van der Waals surface area contributed by atoms with E-state index in [0.29, 0.717) is 6.54 Å². The van der Waals surface area contributed by atoms with Crippen molar-refractivity contribution < 1.29 is 9.32 Å². The van der Waals surface area contributed by atoms with Crippen molar-refractivity contribution >= 4 is 11.6 Å². The maximum absolute atomic E-state index is 11.5. The highest BCUT2D eigenvalue weighted by Crippen LogP contribution is 2.05. The SMILES string of the molecule is Nc1ccc(CCNC(=O)c2ccno2)cc1. The predicted molar refractivity (Wildman–Crippen MR) is 63.4 cm³/mol. The lowest BCUT2D eigenvalue weighted by molar-refractivity contribution is 0.0917. The first-order valence-corrected chi connectivity index (χ1v) is 5.29. The minimum atomic E-state index is -0.252. The average Bonchev–Trinajstić information content (AvgIpc) is 2.85. The number of nitrogens with one attached hydrogen (secondary N) is 1. The number of nitrogens with two attached hydrogens (primary N) is 1. The standard InChI is InChI=1S/C12H13N3O2/c13-10-3-1-9(2-4-10)5-7-14-12(16)11-6-8-15-17-11/h1-4,6,8H,5,7,13H2,(H,14,16). The second-order valence-electron chi connectivity index (χ2n) is 3.62. The van der Waals surface area contributed by atoms with Crippen molar-refractivity contribution in [3.8, 4) is 0 Å². The molecule has 2 aromatic rings. The van der Waals surface area contributed by atoms with Crippen LogP contribution < -0.4 is 11.1 Å². The molecular weight excluding hydrogens is 218 g/mol. The Bertz CT molecular complexity index is 477. The maximum Gasteiger partial charge on any atom is 0.289 e. The van der Waals surface area contributed by atoms with Crippen molar-refractivity contribution in [3.63, 3.8) is 0 Å². The molecule has 0 radical (unpaired) electrons. The highest BCUT2D eigenvalue weighted by atomic mass is 16.5. The van der Waals surface area contributed by atoms with E-state index in [1.54, 1.807) is 0 Å². The van der Waals surface area contributed by atoms with Gasteiger partial charge in [0.2, 0.25) is 5.76 Å². The highest BCUT2D eigenvalue weighted by molar-refractivity contribution is 5.91. The molecule has 5 nitrogen and oxygen atoms in total. The van der Waals surface area contributed by atoms with E-state index in [4.69, 9.17) is 10.3 Å². The molecule has 0 aliphatic heterocycles. The van der Waals surface area contributed by atoms with Gasteiger partial charge in [0.1, 0.15) is 0 Å². The number of carbonyl (C=O) groups is 1. The molecule has 1 heterocycles. The molecule has 5 heteroatoms. The molecule has 0 atom stereocenters. The van der Waals surface area contributed by atoms with Crippen LogP contribution in [0.2, 0.25) is 0 Å². The van der Waals surface area contributed by atoms with Crippen LogP contribution in [0, 0.1) is 0 Å². The van der Waals surface area contributed by atoms with Gasteiger partial charge in [-0.05, 0) is 24.1 Å². The summed E-state index contributed by atoms with van der Waals surface area (Å²) >= 11 is 0. The summed E-state index contributed by atoms with van der Waals surface area (Å²) < 4.78 is 4.74. The second kappa shape index (κ2) is 5.16. The summed E-state index contributed by atoms with van der Waals surface area (Å²) in [6, 6.07) is 9.09. The van der Waals surface area contributed by atoms with Gasteiger partial charge in [0.15, 0.2) is 0 Å². The van der Waals surface area contributed by atoms with Crippen LogP contribution in [0.5, 0.6) is 0 Å². The summed E-state index contributed by atoms with van der Waals surface area (Å²) in [5.41, 5.74) is 7.44. The molecule has 17 heavy (non-hydrogen) atoms. The van der Waals surface area contributed by atoms with E-state index in [-0.39, 0.29) is 11.7 Å². The van der Waals surface area contributed by atoms with Gasteiger partial charge in [0, 0.05) is 18.3 Å². The average molecular weight is 231 g/mol. The maximum atomic E-state index is 11.5. The lowest BCUT2D eigenvalue weighted by Crippen LogP contribution is -2.25.